The molecule has 0 spiro atoms. The molecule has 27 heavy (non-hydrogen) atoms. The van der Waals surface area contributed by atoms with Crippen molar-refractivity contribution >= 4 is 22.5 Å². The molecule has 1 aliphatic carbocycles. The number of pyridine rings is 1. The van der Waals surface area contributed by atoms with Crippen molar-refractivity contribution in [2.24, 2.45) is 0 Å². The van der Waals surface area contributed by atoms with Crippen LogP contribution in [0.15, 0.2) is 67.0 Å². The predicted octanol–water partition coefficient (Wildman–Crippen LogP) is 4.39. The summed E-state index contributed by atoms with van der Waals surface area (Å²) in [6.07, 6.45) is 6.11. The molecule has 3 aromatic rings. The van der Waals surface area contributed by atoms with Crippen molar-refractivity contribution in [3.05, 3.63) is 78.1 Å². The lowest BCUT2D eigenvalue weighted by Crippen LogP contribution is -2.32. The maximum atomic E-state index is 12.7. The summed E-state index contributed by atoms with van der Waals surface area (Å²) in [6, 6.07) is 17.9. The summed E-state index contributed by atoms with van der Waals surface area (Å²) >= 11 is 0. The van der Waals surface area contributed by atoms with Crippen molar-refractivity contribution in [3.63, 3.8) is 0 Å². The van der Waals surface area contributed by atoms with E-state index in [4.69, 9.17) is 0 Å². The monoisotopic (exact) mass is 358 g/mol. The summed E-state index contributed by atoms with van der Waals surface area (Å²) in [7, 11) is 0. The first kappa shape index (κ1) is 17.4. The van der Waals surface area contributed by atoms with Crippen LogP contribution in [0, 0.1) is 0 Å². The Morgan fingerprint density at radius 2 is 1.78 bits per heavy atom. The highest BCUT2D eigenvalue weighted by atomic mass is 16.2. The Balaban J connectivity index is 1.40. The molecule has 1 saturated carbocycles. The van der Waals surface area contributed by atoms with Crippen LogP contribution in [0.4, 0.5) is 0 Å². The number of aromatic nitrogens is 1. The molecule has 1 aliphatic rings. The number of hydrogen-bond acceptors (Lipinski definition) is 3. The largest absolute Gasteiger partial charge is 0.335 e. The van der Waals surface area contributed by atoms with Gasteiger partial charge in [0.1, 0.15) is 0 Å². The Bertz CT molecular complexity index is 964. The van der Waals surface area contributed by atoms with E-state index in [1.54, 1.807) is 12.4 Å². The van der Waals surface area contributed by atoms with E-state index in [-0.39, 0.29) is 24.5 Å². The summed E-state index contributed by atoms with van der Waals surface area (Å²) in [4.78, 5) is 31.3. The quantitative estimate of drug-likeness (QED) is 0.589. The standard InChI is InChI=1S/C23H22N2O2/c26-22(20-8-7-18-5-1-2-6-19(18)14-20)11-12-23(27)25(21-9-10-21)16-17-4-3-13-24-15-17/h1-8,13-15,21H,9-12,16H2. The van der Waals surface area contributed by atoms with E-state index in [0.29, 0.717) is 18.2 Å². The fourth-order valence-corrected chi connectivity index (χ4v) is 3.37. The SMILES string of the molecule is O=C(CCC(=O)N(Cc1cccnc1)C1CC1)c1ccc2ccccc2c1. The Morgan fingerprint density at radius 3 is 2.52 bits per heavy atom. The fraction of sp³-hybridized carbons (Fsp3) is 0.261. The lowest BCUT2D eigenvalue weighted by Gasteiger charge is -2.22. The number of fused-ring (bicyclic) bond motifs is 1. The van der Waals surface area contributed by atoms with Gasteiger partial charge in [-0.05, 0) is 41.3 Å². The van der Waals surface area contributed by atoms with E-state index >= 15 is 0 Å². The van der Waals surface area contributed by atoms with Crippen molar-refractivity contribution in [1.29, 1.82) is 0 Å². The minimum atomic E-state index is 0.0197. The third-order valence-corrected chi connectivity index (χ3v) is 5.02. The van der Waals surface area contributed by atoms with E-state index in [9.17, 15) is 9.59 Å². The number of benzene rings is 2. The highest BCUT2D eigenvalue weighted by molar-refractivity contribution is 6.01. The van der Waals surface area contributed by atoms with E-state index in [2.05, 4.69) is 4.98 Å². The van der Waals surface area contributed by atoms with Crippen LogP contribution >= 0.6 is 0 Å². The number of Topliss-reactive ketones (excluding diaryl/α,β-unsaturated/α-hetero) is 1. The average molecular weight is 358 g/mol. The van der Waals surface area contributed by atoms with Crippen LogP contribution < -0.4 is 0 Å². The third kappa shape index (κ3) is 4.22. The molecule has 0 saturated heterocycles. The maximum Gasteiger partial charge on any atom is 0.223 e. The van der Waals surface area contributed by atoms with Crippen LogP contribution in [-0.2, 0) is 11.3 Å². The predicted molar refractivity (Wildman–Crippen MR) is 105 cm³/mol. The van der Waals surface area contributed by atoms with Gasteiger partial charge in [-0.15, -0.1) is 0 Å². The van der Waals surface area contributed by atoms with Crippen LogP contribution in [0.1, 0.15) is 41.6 Å². The van der Waals surface area contributed by atoms with Gasteiger partial charge < -0.3 is 4.90 Å². The number of amides is 1. The fourth-order valence-electron chi connectivity index (χ4n) is 3.37. The van der Waals surface area contributed by atoms with Gasteiger partial charge in [-0.2, -0.15) is 0 Å². The van der Waals surface area contributed by atoms with Crippen LogP contribution in [0.25, 0.3) is 10.8 Å². The lowest BCUT2D eigenvalue weighted by molar-refractivity contribution is -0.132. The van der Waals surface area contributed by atoms with E-state index in [1.165, 1.54) is 0 Å². The molecular formula is C23H22N2O2. The molecule has 0 unspecified atom stereocenters. The van der Waals surface area contributed by atoms with Crippen molar-refractivity contribution in [2.45, 2.75) is 38.3 Å². The van der Waals surface area contributed by atoms with Gasteiger partial charge in [0.15, 0.2) is 5.78 Å². The first-order valence-electron chi connectivity index (χ1n) is 9.41. The minimum absolute atomic E-state index is 0.0197. The van der Waals surface area contributed by atoms with E-state index in [1.807, 2.05) is 59.5 Å². The van der Waals surface area contributed by atoms with Crippen molar-refractivity contribution in [3.8, 4) is 0 Å². The van der Waals surface area contributed by atoms with Gasteiger partial charge in [0.25, 0.3) is 0 Å². The molecule has 0 bridgehead atoms. The molecule has 1 aromatic heterocycles. The normalized spacial score (nSPS) is 13.5. The van der Waals surface area contributed by atoms with Crippen LogP contribution in [-0.4, -0.2) is 27.6 Å². The van der Waals surface area contributed by atoms with Crippen molar-refractivity contribution < 1.29 is 9.59 Å². The lowest BCUT2D eigenvalue weighted by atomic mass is 10.0. The molecular weight excluding hydrogens is 336 g/mol. The van der Waals surface area contributed by atoms with Gasteiger partial charge in [0.2, 0.25) is 5.91 Å². The van der Waals surface area contributed by atoms with E-state index in [0.717, 1.165) is 29.2 Å². The average Bonchev–Trinajstić information content (AvgIpc) is 3.55. The van der Waals surface area contributed by atoms with Crippen molar-refractivity contribution in [2.75, 3.05) is 0 Å². The molecule has 0 atom stereocenters. The number of hydrogen-bond donors (Lipinski definition) is 0. The van der Waals surface area contributed by atoms with Crippen LogP contribution in [0.5, 0.6) is 0 Å². The topological polar surface area (TPSA) is 50.3 Å². The Labute approximate surface area is 158 Å². The van der Waals surface area contributed by atoms with Crippen LogP contribution in [0.2, 0.25) is 0 Å². The summed E-state index contributed by atoms with van der Waals surface area (Å²) < 4.78 is 0. The molecule has 1 amide bonds. The minimum Gasteiger partial charge on any atom is -0.335 e. The van der Waals surface area contributed by atoms with Crippen LogP contribution in [0.3, 0.4) is 0 Å². The smallest absolute Gasteiger partial charge is 0.223 e. The maximum absolute atomic E-state index is 12.7. The second-order valence-corrected chi connectivity index (χ2v) is 7.10. The van der Waals surface area contributed by atoms with Gasteiger partial charge >= 0.3 is 0 Å². The van der Waals surface area contributed by atoms with Gasteiger partial charge in [0.05, 0.1) is 0 Å². The number of nitrogens with zero attached hydrogens (tertiary/aromatic N) is 2. The number of rotatable bonds is 7. The van der Waals surface area contributed by atoms with Gasteiger partial charge in [-0.25, -0.2) is 0 Å². The Morgan fingerprint density at radius 1 is 0.963 bits per heavy atom. The molecule has 4 heteroatoms. The molecule has 0 aliphatic heterocycles. The molecule has 4 nitrogen and oxygen atoms in total. The highest BCUT2D eigenvalue weighted by Crippen LogP contribution is 2.29. The molecule has 136 valence electrons. The molecule has 4 rings (SSSR count). The summed E-state index contributed by atoms with van der Waals surface area (Å²) in [5.74, 6) is 0.0710. The molecule has 1 fully saturated rings. The number of carbonyl (C=O) groups excluding carboxylic acids is 2. The first-order valence-corrected chi connectivity index (χ1v) is 9.41. The summed E-state index contributed by atoms with van der Waals surface area (Å²) in [5, 5.41) is 2.16. The highest BCUT2D eigenvalue weighted by Gasteiger charge is 2.32. The molecule has 0 N–H and O–H groups in total. The zero-order valence-corrected chi connectivity index (χ0v) is 15.2. The molecule has 2 aromatic carbocycles. The molecule has 0 radical (unpaired) electrons. The zero-order chi connectivity index (χ0) is 18.6. The second kappa shape index (κ2) is 7.70. The van der Waals surface area contributed by atoms with Gasteiger partial charge in [-0.1, -0.05) is 42.5 Å². The van der Waals surface area contributed by atoms with Gasteiger partial charge in [0, 0.05) is 43.4 Å². The third-order valence-electron chi connectivity index (χ3n) is 5.02. The van der Waals surface area contributed by atoms with E-state index < -0.39 is 0 Å². The second-order valence-electron chi connectivity index (χ2n) is 7.10. The zero-order valence-electron chi connectivity index (χ0n) is 15.2. The summed E-state index contributed by atoms with van der Waals surface area (Å²) in [6.45, 7) is 0.571. The van der Waals surface area contributed by atoms with Gasteiger partial charge in [-0.3, -0.25) is 14.6 Å². The molecule has 1 heterocycles. The number of ketones is 1. The van der Waals surface area contributed by atoms with Crippen molar-refractivity contribution in [1.82, 2.24) is 9.88 Å². The Kier molecular flexibility index (Phi) is 4.97. The first-order chi connectivity index (χ1) is 13.2. The summed E-state index contributed by atoms with van der Waals surface area (Å²) in [5.41, 5.74) is 1.70. The Hall–Kier alpha value is -3.01. The number of carbonyl (C=O) groups is 2.